The Morgan fingerprint density at radius 1 is 0.542 bits per heavy atom. The minimum Gasteiger partial charge on any atom is -0.489 e. The van der Waals surface area contributed by atoms with Crippen molar-refractivity contribution in [1.29, 1.82) is 0 Å². The fourth-order valence-electron chi connectivity index (χ4n) is 5.97. The summed E-state index contributed by atoms with van der Waals surface area (Å²) in [4.78, 5) is 24.8. The number of rotatable bonds is 10. The van der Waals surface area contributed by atoms with Gasteiger partial charge in [0.15, 0.2) is 0 Å². The standard InChI is InChI=1S/C44H41F3O10S2/c1-42(2,3)55-40(48)53-32-17-23-35(24-18-32)58(57-59(50,51)44(45,46)47,36-25-19-33(20-26-36)54-41(49)56-43(4,5)6)34-21-15-31(16-22-34)52-28-30-27-29-11-7-8-12-37(29)39-14-10-9-13-38(30)39/h7-27H,28H2,1-6H3. The van der Waals surface area contributed by atoms with Gasteiger partial charge in [0.25, 0.3) is 0 Å². The third kappa shape index (κ3) is 10.1. The van der Waals surface area contributed by atoms with Crippen molar-refractivity contribution in [2.75, 3.05) is 0 Å². The van der Waals surface area contributed by atoms with Crippen LogP contribution < -0.4 is 14.2 Å². The second-order valence-corrected chi connectivity index (χ2v) is 19.6. The maximum Gasteiger partial charge on any atom is 0.524 e. The number of halogens is 3. The molecule has 0 radical (unpaired) electrons. The number of hydrogen-bond acceptors (Lipinski definition) is 10. The summed E-state index contributed by atoms with van der Waals surface area (Å²) in [6.07, 6.45) is -2.07. The SMILES string of the molecule is CC(C)(C)OC(=O)Oc1ccc(S(OS(=O)(=O)C(F)(F)F)(c2ccc(OCc3cc4ccccc4c4ccccc34)cc2)c2ccc(OC(=O)OC(C)(C)C)cc2)cc1. The van der Waals surface area contributed by atoms with Gasteiger partial charge in [0.1, 0.15) is 35.1 Å². The van der Waals surface area contributed by atoms with E-state index in [9.17, 15) is 31.2 Å². The van der Waals surface area contributed by atoms with E-state index < -0.39 is 49.4 Å². The number of benzene rings is 6. The van der Waals surface area contributed by atoms with Crippen LogP contribution >= 0.6 is 10.3 Å². The van der Waals surface area contributed by atoms with Crippen molar-refractivity contribution in [2.45, 2.75) is 79.5 Å². The molecule has 0 bridgehead atoms. The number of hydrogen-bond donors (Lipinski definition) is 0. The number of ether oxygens (including phenoxy) is 5. The van der Waals surface area contributed by atoms with Crippen LogP contribution in [0, 0.1) is 0 Å². The van der Waals surface area contributed by atoms with Gasteiger partial charge in [0, 0.05) is 14.7 Å². The van der Waals surface area contributed by atoms with Crippen molar-refractivity contribution >= 4 is 54.3 Å². The molecule has 6 aromatic carbocycles. The molecule has 0 amide bonds. The zero-order chi connectivity index (χ0) is 42.8. The van der Waals surface area contributed by atoms with E-state index in [-0.39, 0.29) is 32.8 Å². The lowest BCUT2D eigenvalue weighted by molar-refractivity contribution is -0.0496. The van der Waals surface area contributed by atoms with Crippen molar-refractivity contribution in [1.82, 2.24) is 0 Å². The van der Waals surface area contributed by atoms with Crippen molar-refractivity contribution in [3.8, 4) is 17.2 Å². The van der Waals surface area contributed by atoms with Crippen LogP contribution in [0.3, 0.4) is 0 Å². The zero-order valence-corrected chi connectivity index (χ0v) is 34.5. The molecule has 15 heteroatoms. The van der Waals surface area contributed by atoms with Crippen LogP contribution in [0.1, 0.15) is 47.1 Å². The third-order valence-corrected chi connectivity index (χ3v) is 13.3. The first kappa shape index (κ1) is 42.8. The Hall–Kier alpha value is -5.77. The third-order valence-electron chi connectivity index (χ3n) is 8.37. The van der Waals surface area contributed by atoms with Gasteiger partial charge in [-0.25, -0.2) is 9.59 Å². The summed E-state index contributed by atoms with van der Waals surface area (Å²) in [7, 11) is -10.2. The summed E-state index contributed by atoms with van der Waals surface area (Å²) >= 11 is 0. The fourth-order valence-corrected chi connectivity index (χ4v) is 10.7. The molecule has 0 saturated carbocycles. The molecule has 0 spiro atoms. The van der Waals surface area contributed by atoms with E-state index in [2.05, 4.69) is 0 Å². The zero-order valence-electron chi connectivity index (χ0n) is 32.9. The molecule has 0 N–H and O–H groups in total. The Kier molecular flexibility index (Phi) is 12.0. The van der Waals surface area contributed by atoms with Gasteiger partial charge in [0.05, 0.1) is 0 Å². The molecular weight excluding hydrogens is 810 g/mol. The minimum atomic E-state index is -6.30. The van der Waals surface area contributed by atoms with E-state index in [0.717, 1.165) is 27.1 Å². The summed E-state index contributed by atoms with van der Waals surface area (Å²) in [6.45, 7) is 9.97. The van der Waals surface area contributed by atoms with Gasteiger partial charge in [-0.3, -0.25) is 0 Å². The first-order valence-corrected chi connectivity index (χ1v) is 21.1. The Balaban J connectivity index is 1.43. The topological polar surface area (TPSA) is 124 Å². The highest BCUT2D eigenvalue weighted by Crippen LogP contribution is 2.71. The van der Waals surface area contributed by atoms with Gasteiger partial charge in [0.2, 0.25) is 0 Å². The average Bonchev–Trinajstić information content (AvgIpc) is 3.15. The molecule has 0 aliphatic carbocycles. The lowest BCUT2D eigenvalue weighted by atomic mass is 9.98. The van der Waals surface area contributed by atoms with Crippen LogP contribution in [0.4, 0.5) is 22.8 Å². The van der Waals surface area contributed by atoms with Crippen LogP contribution in [0.5, 0.6) is 17.2 Å². The molecule has 6 rings (SSSR count). The molecule has 10 nitrogen and oxygen atoms in total. The maximum absolute atomic E-state index is 14.3. The summed E-state index contributed by atoms with van der Waals surface area (Å²) in [5, 5.41) is 4.12. The van der Waals surface area contributed by atoms with E-state index in [1.54, 1.807) is 41.5 Å². The molecule has 0 heterocycles. The van der Waals surface area contributed by atoms with Crippen LogP contribution in [0.2, 0.25) is 0 Å². The van der Waals surface area contributed by atoms with Crippen molar-refractivity contribution in [2.24, 2.45) is 0 Å². The molecule has 0 aliphatic rings. The van der Waals surface area contributed by atoms with E-state index in [1.807, 2.05) is 54.6 Å². The molecule has 6 aromatic rings. The fraction of sp³-hybridized carbons (Fsp3) is 0.227. The number of fused-ring (bicyclic) bond motifs is 3. The van der Waals surface area contributed by atoms with Gasteiger partial charge in [-0.15, -0.1) is 0 Å². The quantitative estimate of drug-likeness (QED) is 0.0569. The number of alkyl halides is 3. The van der Waals surface area contributed by atoms with Gasteiger partial charge in [-0.05, 0) is 158 Å². The van der Waals surface area contributed by atoms with Crippen LogP contribution in [0.25, 0.3) is 21.5 Å². The number of carbonyl (C=O) groups is 2. The van der Waals surface area contributed by atoms with Gasteiger partial charge in [-0.2, -0.15) is 25.2 Å². The molecule has 0 aromatic heterocycles. The normalized spacial score (nSPS) is 12.8. The second kappa shape index (κ2) is 16.5. The van der Waals surface area contributed by atoms with Crippen molar-refractivity contribution in [3.63, 3.8) is 0 Å². The van der Waals surface area contributed by atoms with E-state index in [1.165, 1.54) is 72.8 Å². The summed E-state index contributed by atoms with van der Waals surface area (Å²) < 4.78 is 102. The van der Waals surface area contributed by atoms with Crippen LogP contribution in [0.15, 0.2) is 142 Å². The second-order valence-electron chi connectivity index (χ2n) is 15.2. The van der Waals surface area contributed by atoms with Gasteiger partial charge >= 0.3 is 27.9 Å². The molecule has 0 unspecified atom stereocenters. The lowest BCUT2D eigenvalue weighted by Crippen LogP contribution is -2.27. The highest BCUT2D eigenvalue weighted by Gasteiger charge is 2.52. The van der Waals surface area contributed by atoms with Crippen LogP contribution in [-0.4, -0.2) is 37.4 Å². The molecule has 0 atom stereocenters. The summed E-state index contributed by atoms with van der Waals surface area (Å²) in [5.74, 6) is 0.252. The molecule has 0 fully saturated rings. The average molecular weight is 851 g/mol. The molecule has 0 aliphatic heterocycles. The Bertz CT molecular complexity index is 2510. The molecule has 310 valence electrons. The molecule has 0 saturated heterocycles. The number of carbonyl (C=O) groups excluding carboxylic acids is 2. The van der Waals surface area contributed by atoms with Crippen molar-refractivity contribution in [3.05, 3.63) is 133 Å². The van der Waals surface area contributed by atoms with Gasteiger partial charge in [-0.1, -0.05) is 48.5 Å². The van der Waals surface area contributed by atoms with Crippen molar-refractivity contribution < 1.29 is 58.5 Å². The molecular formula is C44H41F3O10S2. The Morgan fingerprint density at radius 2 is 0.949 bits per heavy atom. The molecule has 59 heavy (non-hydrogen) atoms. The predicted octanol–water partition coefficient (Wildman–Crippen LogP) is 12.3. The first-order chi connectivity index (χ1) is 27.6. The summed E-state index contributed by atoms with van der Waals surface area (Å²) in [5.41, 5.74) is -6.69. The maximum atomic E-state index is 14.3. The van der Waals surface area contributed by atoms with E-state index in [4.69, 9.17) is 27.3 Å². The van der Waals surface area contributed by atoms with Crippen LogP contribution in [-0.2, 0) is 29.8 Å². The minimum absolute atomic E-state index is 0.0236. The Labute approximate surface area is 341 Å². The Morgan fingerprint density at radius 3 is 1.39 bits per heavy atom. The smallest absolute Gasteiger partial charge is 0.489 e. The van der Waals surface area contributed by atoms with Gasteiger partial charge < -0.3 is 23.7 Å². The lowest BCUT2D eigenvalue weighted by Gasteiger charge is -2.39. The first-order valence-electron chi connectivity index (χ1n) is 18.1. The van der Waals surface area contributed by atoms with E-state index >= 15 is 0 Å². The van der Waals surface area contributed by atoms with E-state index in [0.29, 0.717) is 5.75 Å². The summed E-state index contributed by atoms with van der Waals surface area (Å²) in [6, 6.07) is 34.0. The largest absolute Gasteiger partial charge is 0.524 e. The monoisotopic (exact) mass is 850 g/mol. The highest BCUT2D eigenvalue weighted by atomic mass is 32.3. The highest BCUT2D eigenvalue weighted by molar-refractivity contribution is 8.33. The predicted molar refractivity (Wildman–Crippen MR) is 217 cm³/mol.